The predicted molar refractivity (Wildman–Crippen MR) is 107 cm³/mol. The summed E-state index contributed by atoms with van der Waals surface area (Å²) in [5, 5.41) is 10.3. The summed E-state index contributed by atoms with van der Waals surface area (Å²) in [4.78, 5) is 14.7. The van der Waals surface area contributed by atoms with Crippen molar-refractivity contribution in [2.75, 3.05) is 31.5 Å². The van der Waals surface area contributed by atoms with Gasteiger partial charge in [0.1, 0.15) is 5.82 Å². The Kier molecular flexibility index (Phi) is 5.72. The standard InChI is InChI=1S/C21H29N5O/c27-21(24-20-10-12-23-26(20)19-8-4-5-9-19)22-13-15-25-14-11-18(16-25)17-6-2-1-3-7-17/h1-3,6-7,10,12,18-19H,4-5,8-9,11,13-16H2,(H2,22,24,27). The molecule has 1 aliphatic heterocycles. The van der Waals surface area contributed by atoms with Gasteiger partial charge in [-0.2, -0.15) is 5.10 Å². The van der Waals surface area contributed by atoms with Gasteiger partial charge in [0.05, 0.1) is 12.2 Å². The van der Waals surface area contributed by atoms with Gasteiger partial charge in [-0.05, 0) is 37.3 Å². The molecule has 1 saturated heterocycles. The molecule has 2 heterocycles. The number of likely N-dealkylation sites (tertiary alicyclic amines) is 1. The van der Waals surface area contributed by atoms with Gasteiger partial charge in [0, 0.05) is 25.7 Å². The van der Waals surface area contributed by atoms with E-state index in [0.717, 1.165) is 38.3 Å². The molecule has 0 bridgehead atoms. The van der Waals surface area contributed by atoms with Crippen molar-refractivity contribution in [3.8, 4) is 0 Å². The number of hydrogen-bond donors (Lipinski definition) is 2. The quantitative estimate of drug-likeness (QED) is 0.820. The van der Waals surface area contributed by atoms with Crippen LogP contribution in [0.25, 0.3) is 0 Å². The number of carbonyl (C=O) groups excluding carboxylic acids is 1. The van der Waals surface area contributed by atoms with Crippen molar-refractivity contribution in [3.63, 3.8) is 0 Å². The maximum Gasteiger partial charge on any atom is 0.320 e. The van der Waals surface area contributed by atoms with Crippen LogP contribution in [-0.2, 0) is 0 Å². The molecule has 4 rings (SSSR count). The maximum absolute atomic E-state index is 12.3. The van der Waals surface area contributed by atoms with Crippen LogP contribution in [0.1, 0.15) is 49.6 Å². The number of nitrogens with zero attached hydrogens (tertiary/aromatic N) is 3. The van der Waals surface area contributed by atoms with Crippen molar-refractivity contribution in [1.29, 1.82) is 0 Å². The van der Waals surface area contributed by atoms with Gasteiger partial charge >= 0.3 is 6.03 Å². The lowest BCUT2D eigenvalue weighted by Gasteiger charge is -2.17. The minimum atomic E-state index is -0.145. The van der Waals surface area contributed by atoms with Crippen LogP contribution in [0, 0.1) is 0 Å². The highest BCUT2D eigenvalue weighted by atomic mass is 16.2. The van der Waals surface area contributed by atoms with E-state index in [1.54, 1.807) is 6.20 Å². The van der Waals surface area contributed by atoms with Crippen LogP contribution in [0.2, 0.25) is 0 Å². The van der Waals surface area contributed by atoms with Crippen LogP contribution in [0.3, 0.4) is 0 Å². The van der Waals surface area contributed by atoms with Crippen molar-refractivity contribution in [2.24, 2.45) is 0 Å². The van der Waals surface area contributed by atoms with Gasteiger partial charge in [0.2, 0.25) is 0 Å². The highest BCUT2D eigenvalue weighted by Gasteiger charge is 2.23. The number of carbonyl (C=O) groups is 1. The van der Waals surface area contributed by atoms with Gasteiger partial charge in [0.25, 0.3) is 0 Å². The molecule has 6 nitrogen and oxygen atoms in total. The first kappa shape index (κ1) is 18.0. The third-order valence-corrected chi connectivity index (χ3v) is 5.84. The number of aromatic nitrogens is 2. The average Bonchev–Trinajstić information content (AvgIpc) is 3.44. The topological polar surface area (TPSA) is 62.2 Å². The summed E-state index contributed by atoms with van der Waals surface area (Å²) in [5.74, 6) is 1.41. The van der Waals surface area contributed by atoms with Gasteiger partial charge in [-0.1, -0.05) is 43.2 Å². The summed E-state index contributed by atoms with van der Waals surface area (Å²) >= 11 is 0. The maximum atomic E-state index is 12.3. The molecular weight excluding hydrogens is 338 g/mol. The lowest BCUT2D eigenvalue weighted by Crippen LogP contribution is -2.36. The minimum Gasteiger partial charge on any atom is -0.337 e. The highest BCUT2D eigenvalue weighted by Crippen LogP contribution is 2.31. The molecule has 1 unspecified atom stereocenters. The fraction of sp³-hybridized carbons (Fsp3) is 0.524. The number of anilines is 1. The number of benzene rings is 1. The fourth-order valence-electron chi connectivity index (χ4n) is 4.37. The van der Waals surface area contributed by atoms with Gasteiger partial charge in [-0.15, -0.1) is 0 Å². The second-order valence-corrected chi connectivity index (χ2v) is 7.68. The van der Waals surface area contributed by atoms with Crippen molar-refractivity contribution >= 4 is 11.8 Å². The number of amides is 2. The van der Waals surface area contributed by atoms with E-state index in [1.165, 1.54) is 24.8 Å². The van der Waals surface area contributed by atoms with E-state index >= 15 is 0 Å². The van der Waals surface area contributed by atoms with Crippen LogP contribution in [0.4, 0.5) is 10.6 Å². The zero-order valence-corrected chi connectivity index (χ0v) is 15.8. The Morgan fingerprint density at radius 3 is 2.74 bits per heavy atom. The monoisotopic (exact) mass is 367 g/mol. The van der Waals surface area contributed by atoms with E-state index < -0.39 is 0 Å². The Morgan fingerprint density at radius 2 is 1.93 bits per heavy atom. The van der Waals surface area contributed by atoms with Crippen molar-refractivity contribution in [3.05, 3.63) is 48.2 Å². The fourth-order valence-corrected chi connectivity index (χ4v) is 4.37. The molecule has 2 aromatic rings. The summed E-state index contributed by atoms with van der Waals surface area (Å²) in [6.45, 7) is 3.71. The van der Waals surface area contributed by atoms with Crippen LogP contribution in [-0.4, -0.2) is 46.9 Å². The molecule has 2 amide bonds. The molecule has 27 heavy (non-hydrogen) atoms. The van der Waals surface area contributed by atoms with E-state index in [2.05, 4.69) is 51.0 Å². The number of nitrogens with one attached hydrogen (secondary N) is 2. The summed E-state index contributed by atoms with van der Waals surface area (Å²) < 4.78 is 1.97. The lowest BCUT2D eigenvalue weighted by molar-refractivity contribution is 0.249. The smallest absolute Gasteiger partial charge is 0.320 e. The molecule has 1 saturated carbocycles. The Bertz CT molecular complexity index is 738. The molecule has 0 radical (unpaired) electrons. The Balaban J connectivity index is 1.20. The largest absolute Gasteiger partial charge is 0.337 e. The molecule has 1 aromatic carbocycles. The Morgan fingerprint density at radius 1 is 1.11 bits per heavy atom. The zero-order chi connectivity index (χ0) is 18.5. The van der Waals surface area contributed by atoms with E-state index in [9.17, 15) is 4.79 Å². The van der Waals surface area contributed by atoms with Crippen LogP contribution >= 0.6 is 0 Å². The molecule has 2 N–H and O–H groups in total. The first-order valence-electron chi connectivity index (χ1n) is 10.2. The third-order valence-electron chi connectivity index (χ3n) is 5.84. The number of rotatable bonds is 6. The average molecular weight is 367 g/mol. The van der Waals surface area contributed by atoms with Gasteiger partial charge < -0.3 is 10.2 Å². The number of urea groups is 1. The molecule has 6 heteroatoms. The minimum absolute atomic E-state index is 0.145. The summed E-state index contributed by atoms with van der Waals surface area (Å²) in [6, 6.07) is 12.9. The van der Waals surface area contributed by atoms with Crippen LogP contribution in [0.15, 0.2) is 42.6 Å². The highest BCUT2D eigenvalue weighted by molar-refractivity contribution is 5.88. The van der Waals surface area contributed by atoms with E-state index in [4.69, 9.17) is 0 Å². The molecule has 0 spiro atoms. The summed E-state index contributed by atoms with van der Waals surface area (Å²) in [7, 11) is 0. The van der Waals surface area contributed by atoms with Crippen molar-refractivity contribution in [1.82, 2.24) is 20.0 Å². The Labute approximate surface area is 160 Å². The molecule has 1 aliphatic carbocycles. The number of hydrogen-bond acceptors (Lipinski definition) is 3. The lowest BCUT2D eigenvalue weighted by atomic mass is 9.99. The van der Waals surface area contributed by atoms with Crippen molar-refractivity contribution < 1.29 is 4.79 Å². The summed E-state index contributed by atoms with van der Waals surface area (Å²) in [6.07, 6.45) is 7.75. The first-order chi connectivity index (χ1) is 13.3. The van der Waals surface area contributed by atoms with E-state index in [1.807, 2.05) is 10.7 Å². The third kappa shape index (κ3) is 4.50. The normalized spacial score (nSPS) is 20.8. The zero-order valence-electron chi connectivity index (χ0n) is 15.8. The second-order valence-electron chi connectivity index (χ2n) is 7.68. The van der Waals surface area contributed by atoms with Crippen molar-refractivity contribution in [2.45, 2.75) is 44.1 Å². The SMILES string of the molecule is O=C(NCCN1CCC(c2ccccc2)C1)Nc1ccnn1C1CCCC1. The molecule has 144 valence electrons. The van der Waals surface area contributed by atoms with E-state index in [-0.39, 0.29) is 6.03 Å². The summed E-state index contributed by atoms with van der Waals surface area (Å²) in [5.41, 5.74) is 1.42. The molecule has 1 atom stereocenters. The van der Waals surface area contributed by atoms with Gasteiger partial charge in [-0.25, -0.2) is 9.48 Å². The first-order valence-corrected chi connectivity index (χ1v) is 10.2. The molecule has 2 aliphatic rings. The van der Waals surface area contributed by atoms with Gasteiger partial charge in [0.15, 0.2) is 0 Å². The van der Waals surface area contributed by atoms with Crippen LogP contribution < -0.4 is 10.6 Å². The van der Waals surface area contributed by atoms with E-state index in [0.29, 0.717) is 18.5 Å². The molecule has 1 aromatic heterocycles. The van der Waals surface area contributed by atoms with Gasteiger partial charge in [-0.3, -0.25) is 5.32 Å². The second kappa shape index (κ2) is 8.57. The predicted octanol–water partition coefficient (Wildman–Crippen LogP) is 3.61. The molecular formula is C21H29N5O. The molecule has 2 fully saturated rings. The van der Waals surface area contributed by atoms with Crippen LogP contribution in [0.5, 0.6) is 0 Å². The Hall–Kier alpha value is -2.34.